The number of rotatable bonds is 3. The minimum absolute atomic E-state index is 0.0773. The first-order valence-electron chi connectivity index (χ1n) is 5.72. The van der Waals surface area contributed by atoms with Crippen LogP contribution in [-0.4, -0.2) is 30.3 Å². The molecule has 0 amide bonds. The molecule has 1 saturated heterocycles. The molecule has 88 valence electrons. The van der Waals surface area contributed by atoms with E-state index >= 15 is 0 Å². The van der Waals surface area contributed by atoms with E-state index in [1.807, 2.05) is 12.1 Å². The largest absolute Gasteiger partial charge is 0.508 e. The van der Waals surface area contributed by atoms with Crippen molar-refractivity contribution in [1.82, 2.24) is 5.32 Å². The van der Waals surface area contributed by atoms with Crippen molar-refractivity contribution in [1.29, 1.82) is 0 Å². The lowest BCUT2D eigenvalue weighted by atomic mass is 9.90. The maximum Gasteiger partial charge on any atom is 0.117 e. The molecule has 0 bridgehead atoms. The Balaban J connectivity index is 2.11. The highest BCUT2D eigenvalue weighted by Crippen LogP contribution is 2.23. The zero-order chi connectivity index (χ0) is 11.4. The van der Waals surface area contributed by atoms with Crippen LogP contribution in [0.2, 0.25) is 0 Å². The lowest BCUT2D eigenvalue weighted by molar-refractivity contribution is 0.349. The van der Waals surface area contributed by atoms with Gasteiger partial charge in [-0.3, -0.25) is 0 Å². The Bertz CT molecular complexity index is 348. The third-order valence-electron chi connectivity index (χ3n) is 3.12. The van der Waals surface area contributed by atoms with Crippen LogP contribution in [0.5, 0.6) is 5.75 Å². The monoisotopic (exact) mass is 221 g/mol. The first kappa shape index (κ1) is 11.2. The maximum absolute atomic E-state index is 9.41. The van der Waals surface area contributed by atoms with Crippen molar-refractivity contribution < 1.29 is 5.11 Å². The molecule has 0 aliphatic carbocycles. The third-order valence-corrected chi connectivity index (χ3v) is 3.12. The summed E-state index contributed by atoms with van der Waals surface area (Å²) in [6.07, 6.45) is 2.19. The number of phenolic OH excluding ortho intramolecular Hbond substituents is 1. The third kappa shape index (κ3) is 2.46. The van der Waals surface area contributed by atoms with Crippen LogP contribution in [0.25, 0.3) is 0 Å². The smallest absolute Gasteiger partial charge is 0.117 e. The van der Waals surface area contributed by atoms with E-state index in [4.69, 9.17) is 5.73 Å². The number of phenols is 1. The molecular formula is C12H19N3O. The van der Waals surface area contributed by atoms with Crippen LogP contribution in [0.3, 0.4) is 0 Å². The summed E-state index contributed by atoms with van der Waals surface area (Å²) in [6, 6.07) is 7.18. The van der Waals surface area contributed by atoms with Crippen LogP contribution < -0.4 is 16.4 Å². The minimum atomic E-state index is -0.0773. The second-order valence-electron chi connectivity index (χ2n) is 4.44. The van der Waals surface area contributed by atoms with Gasteiger partial charge in [0.25, 0.3) is 0 Å². The Morgan fingerprint density at radius 1 is 1.50 bits per heavy atom. The van der Waals surface area contributed by atoms with Gasteiger partial charge in [0.15, 0.2) is 0 Å². The SMILES string of the molecule is NCC1(Nc2cccc(O)c2)CCCNC1. The molecule has 1 heterocycles. The van der Waals surface area contributed by atoms with Crippen molar-refractivity contribution in [3.8, 4) is 5.75 Å². The number of nitrogens with one attached hydrogen (secondary N) is 2. The molecule has 1 aliphatic rings. The number of anilines is 1. The van der Waals surface area contributed by atoms with E-state index in [9.17, 15) is 5.11 Å². The number of hydrogen-bond donors (Lipinski definition) is 4. The molecule has 5 N–H and O–H groups in total. The molecule has 1 atom stereocenters. The van der Waals surface area contributed by atoms with Crippen molar-refractivity contribution >= 4 is 5.69 Å². The van der Waals surface area contributed by atoms with Gasteiger partial charge in [-0.15, -0.1) is 0 Å². The lowest BCUT2D eigenvalue weighted by Crippen LogP contribution is -2.56. The number of nitrogens with two attached hydrogens (primary N) is 1. The number of benzene rings is 1. The van der Waals surface area contributed by atoms with Crippen LogP contribution >= 0.6 is 0 Å². The summed E-state index contributed by atoms with van der Waals surface area (Å²) in [5, 5.41) is 16.2. The quantitative estimate of drug-likeness (QED) is 0.611. The van der Waals surface area contributed by atoms with Gasteiger partial charge in [0.2, 0.25) is 0 Å². The summed E-state index contributed by atoms with van der Waals surface area (Å²) in [5.41, 5.74) is 6.71. The molecule has 1 unspecified atom stereocenters. The maximum atomic E-state index is 9.41. The van der Waals surface area contributed by atoms with Crippen LogP contribution in [0.15, 0.2) is 24.3 Å². The zero-order valence-electron chi connectivity index (χ0n) is 9.37. The Hall–Kier alpha value is -1.26. The van der Waals surface area contributed by atoms with Crippen LogP contribution in [-0.2, 0) is 0 Å². The van der Waals surface area contributed by atoms with Crippen molar-refractivity contribution in [2.75, 3.05) is 25.0 Å². The molecule has 1 aromatic rings. The summed E-state index contributed by atoms with van der Waals surface area (Å²) in [6.45, 7) is 2.53. The fourth-order valence-corrected chi connectivity index (χ4v) is 2.19. The van der Waals surface area contributed by atoms with Crippen molar-refractivity contribution in [2.45, 2.75) is 18.4 Å². The molecule has 4 heteroatoms. The minimum Gasteiger partial charge on any atom is -0.508 e. The van der Waals surface area contributed by atoms with E-state index in [2.05, 4.69) is 10.6 Å². The standard InChI is InChI=1S/C12H19N3O/c13-8-12(5-2-6-14-9-12)15-10-3-1-4-11(16)7-10/h1,3-4,7,14-16H,2,5-6,8-9,13H2. The topological polar surface area (TPSA) is 70.3 Å². The highest BCUT2D eigenvalue weighted by Gasteiger charge is 2.30. The summed E-state index contributed by atoms with van der Waals surface area (Å²) in [4.78, 5) is 0. The zero-order valence-corrected chi connectivity index (χ0v) is 9.37. The van der Waals surface area contributed by atoms with Gasteiger partial charge in [-0.2, -0.15) is 0 Å². The van der Waals surface area contributed by atoms with Gasteiger partial charge in [0.1, 0.15) is 5.75 Å². The first-order valence-corrected chi connectivity index (χ1v) is 5.72. The second kappa shape index (κ2) is 4.72. The van der Waals surface area contributed by atoms with E-state index in [0.717, 1.165) is 31.6 Å². The molecule has 16 heavy (non-hydrogen) atoms. The van der Waals surface area contributed by atoms with Gasteiger partial charge >= 0.3 is 0 Å². The predicted molar refractivity (Wildman–Crippen MR) is 65.6 cm³/mol. The van der Waals surface area contributed by atoms with Crippen molar-refractivity contribution in [3.05, 3.63) is 24.3 Å². The molecule has 0 aromatic heterocycles. The van der Waals surface area contributed by atoms with Gasteiger partial charge in [-0.25, -0.2) is 0 Å². The van der Waals surface area contributed by atoms with E-state index in [1.54, 1.807) is 12.1 Å². The van der Waals surface area contributed by atoms with Crippen LogP contribution in [0, 0.1) is 0 Å². The molecule has 1 aliphatic heterocycles. The van der Waals surface area contributed by atoms with Gasteiger partial charge in [-0.05, 0) is 31.5 Å². The number of piperidine rings is 1. The van der Waals surface area contributed by atoms with E-state index in [-0.39, 0.29) is 11.3 Å². The molecule has 1 aromatic carbocycles. The highest BCUT2D eigenvalue weighted by atomic mass is 16.3. The van der Waals surface area contributed by atoms with Crippen LogP contribution in [0.4, 0.5) is 5.69 Å². The lowest BCUT2D eigenvalue weighted by Gasteiger charge is -2.38. The summed E-state index contributed by atoms with van der Waals surface area (Å²) in [7, 11) is 0. The number of aromatic hydroxyl groups is 1. The van der Waals surface area contributed by atoms with Gasteiger partial charge < -0.3 is 21.5 Å². The fourth-order valence-electron chi connectivity index (χ4n) is 2.19. The Morgan fingerprint density at radius 3 is 3.00 bits per heavy atom. The summed E-state index contributed by atoms with van der Waals surface area (Å²) in [5.74, 6) is 0.279. The van der Waals surface area contributed by atoms with E-state index in [1.165, 1.54) is 0 Å². The average Bonchev–Trinajstić information content (AvgIpc) is 2.30. The fraction of sp³-hybridized carbons (Fsp3) is 0.500. The molecular weight excluding hydrogens is 202 g/mol. The second-order valence-corrected chi connectivity index (χ2v) is 4.44. The molecule has 0 spiro atoms. The predicted octanol–water partition coefficient (Wildman–Crippen LogP) is 0.885. The molecule has 2 rings (SSSR count). The average molecular weight is 221 g/mol. The molecule has 4 nitrogen and oxygen atoms in total. The summed E-state index contributed by atoms with van der Waals surface area (Å²) < 4.78 is 0. The summed E-state index contributed by atoms with van der Waals surface area (Å²) >= 11 is 0. The van der Waals surface area contributed by atoms with E-state index < -0.39 is 0 Å². The molecule has 0 saturated carbocycles. The Labute approximate surface area is 95.8 Å². The first-order chi connectivity index (χ1) is 7.74. The Kier molecular flexibility index (Phi) is 3.31. The van der Waals surface area contributed by atoms with Crippen LogP contribution in [0.1, 0.15) is 12.8 Å². The van der Waals surface area contributed by atoms with Gasteiger partial charge in [0.05, 0.1) is 5.54 Å². The Morgan fingerprint density at radius 2 is 2.38 bits per heavy atom. The van der Waals surface area contributed by atoms with Crippen molar-refractivity contribution in [2.24, 2.45) is 5.73 Å². The number of hydrogen-bond acceptors (Lipinski definition) is 4. The molecule has 1 fully saturated rings. The highest BCUT2D eigenvalue weighted by molar-refractivity contribution is 5.50. The van der Waals surface area contributed by atoms with Gasteiger partial charge in [-0.1, -0.05) is 6.07 Å². The van der Waals surface area contributed by atoms with Crippen molar-refractivity contribution in [3.63, 3.8) is 0 Å². The molecule has 0 radical (unpaired) electrons. The van der Waals surface area contributed by atoms with E-state index in [0.29, 0.717) is 6.54 Å². The van der Waals surface area contributed by atoms with Gasteiger partial charge in [0, 0.05) is 24.8 Å². The normalized spacial score (nSPS) is 25.3.